The van der Waals surface area contributed by atoms with Crippen LogP contribution in [0.3, 0.4) is 0 Å². The Hall–Kier alpha value is -3.15. The molecule has 3 aliphatic carbocycles. The zero-order valence-corrected chi connectivity index (χ0v) is 32.9. The van der Waals surface area contributed by atoms with E-state index in [-0.39, 0.29) is 56.7 Å². The number of hydroxylamine groups is 2. The molecule has 7 unspecified atom stereocenters. The van der Waals surface area contributed by atoms with Crippen molar-refractivity contribution >= 4 is 46.3 Å². The maximum Gasteiger partial charge on any atom is 0.327 e. The summed E-state index contributed by atoms with van der Waals surface area (Å²) in [6, 6.07) is 13.1. The molecule has 0 aromatic heterocycles. The number of carbonyl (C=O) groups excluding carboxylic acids is 4. The minimum absolute atomic E-state index is 0.0414. The van der Waals surface area contributed by atoms with E-state index in [2.05, 4.69) is 33.2 Å². The van der Waals surface area contributed by atoms with Crippen molar-refractivity contribution in [3.05, 3.63) is 68.8 Å². The van der Waals surface area contributed by atoms with E-state index in [4.69, 9.17) is 23.8 Å². The summed E-state index contributed by atoms with van der Waals surface area (Å²) in [7, 11) is 0. The van der Waals surface area contributed by atoms with Crippen LogP contribution in [0.2, 0.25) is 0 Å². The van der Waals surface area contributed by atoms with Crippen LogP contribution in [0.4, 0.5) is 0 Å². The van der Waals surface area contributed by atoms with Crippen molar-refractivity contribution in [1.29, 1.82) is 0 Å². The van der Waals surface area contributed by atoms with Gasteiger partial charge in [0, 0.05) is 40.4 Å². The molecular weight excluding hydrogens is 809 g/mol. The van der Waals surface area contributed by atoms with E-state index in [1.54, 1.807) is 50.1 Å². The highest BCUT2D eigenvalue weighted by molar-refractivity contribution is 14.1. The number of nitrogens with zero attached hydrogens (tertiary/aromatic N) is 1. The Morgan fingerprint density at radius 1 is 1.02 bits per heavy atom. The average molecular weight is 858 g/mol. The van der Waals surface area contributed by atoms with Crippen LogP contribution in [-0.2, 0) is 51.3 Å². The van der Waals surface area contributed by atoms with E-state index in [0.29, 0.717) is 11.1 Å². The molecule has 8 rings (SSSR count). The van der Waals surface area contributed by atoms with Gasteiger partial charge in [-0.3, -0.25) is 24.0 Å². The maximum atomic E-state index is 14.7. The first-order valence-electron chi connectivity index (χ1n) is 19.0. The fraction of sp³-hybridized carbons (Fsp3) is 0.600. The molecule has 6 aliphatic rings. The normalized spacial score (nSPS) is 30.2. The van der Waals surface area contributed by atoms with Gasteiger partial charge in [0.2, 0.25) is 5.91 Å². The van der Waals surface area contributed by atoms with Crippen LogP contribution in [0.25, 0.3) is 0 Å². The quantitative estimate of drug-likeness (QED) is 0.198. The van der Waals surface area contributed by atoms with E-state index in [0.717, 1.165) is 34.8 Å². The molecule has 13 nitrogen and oxygen atoms in total. The molecule has 2 bridgehead atoms. The zero-order valence-electron chi connectivity index (χ0n) is 30.8. The Balaban J connectivity index is 1.00. The highest BCUT2D eigenvalue weighted by Crippen LogP contribution is 2.63. The van der Waals surface area contributed by atoms with Gasteiger partial charge in [-0.25, -0.2) is 0 Å². The SMILES string of the molecule is CC(C)(C)OC(=O)CCC(CO)NC(=O)c1cccc(CNC(=O)C23CC4OC(=O)C2N(Cc2ccc(I)cc2)OC3C2OC(C3CC3)(C3CC3)OC42)c1. The summed E-state index contributed by atoms with van der Waals surface area (Å²) in [6.45, 7) is 5.34. The third-order valence-corrected chi connectivity index (χ3v) is 12.2. The number of rotatable bonds is 13. The molecule has 3 N–H and O–H groups in total. The predicted octanol–water partition coefficient (Wildman–Crippen LogP) is 3.92. The molecule has 3 aliphatic heterocycles. The van der Waals surface area contributed by atoms with Crippen molar-refractivity contribution in [1.82, 2.24) is 15.7 Å². The lowest BCUT2D eigenvalue weighted by atomic mass is 9.62. The monoisotopic (exact) mass is 857 g/mol. The van der Waals surface area contributed by atoms with E-state index >= 15 is 0 Å². The van der Waals surface area contributed by atoms with Gasteiger partial charge in [0.05, 0.1) is 19.2 Å². The molecule has 290 valence electrons. The number of halogens is 1. The van der Waals surface area contributed by atoms with Crippen LogP contribution >= 0.6 is 22.6 Å². The number of hydrogen-bond acceptors (Lipinski definition) is 11. The first kappa shape index (κ1) is 37.8. The summed E-state index contributed by atoms with van der Waals surface area (Å²) >= 11 is 2.25. The average Bonchev–Trinajstić information content (AvgIpc) is 4.08. The van der Waals surface area contributed by atoms with Crippen LogP contribution in [0.1, 0.15) is 87.2 Å². The van der Waals surface area contributed by atoms with Crippen LogP contribution in [-0.4, -0.2) is 88.4 Å². The van der Waals surface area contributed by atoms with E-state index in [9.17, 15) is 24.3 Å². The fourth-order valence-corrected chi connectivity index (χ4v) is 9.13. The topological polar surface area (TPSA) is 162 Å². The van der Waals surface area contributed by atoms with Crippen molar-refractivity contribution in [3.63, 3.8) is 0 Å². The van der Waals surface area contributed by atoms with Gasteiger partial charge in [0.25, 0.3) is 5.91 Å². The molecule has 3 saturated heterocycles. The van der Waals surface area contributed by atoms with Gasteiger partial charge in [-0.05, 0) is 111 Å². The van der Waals surface area contributed by atoms with Crippen molar-refractivity contribution < 1.29 is 48.1 Å². The largest absolute Gasteiger partial charge is 0.460 e. The van der Waals surface area contributed by atoms with Crippen LogP contribution in [0.15, 0.2) is 48.5 Å². The van der Waals surface area contributed by atoms with Gasteiger partial charge in [-0.2, -0.15) is 5.06 Å². The van der Waals surface area contributed by atoms with Gasteiger partial charge in [-0.1, -0.05) is 24.3 Å². The maximum absolute atomic E-state index is 14.7. The Morgan fingerprint density at radius 2 is 1.72 bits per heavy atom. The molecule has 6 fully saturated rings. The summed E-state index contributed by atoms with van der Waals surface area (Å²) < 4.78 is 26.3. The summed E-state index contributed by atoms with van der Waals surface area (Å²) in [4.78, 5) is 60.9. The van der Waals surface area contributed by atoms with Crippen LogP contribution < -0.4 is 10.6 Å². The Kier molecular flexibility index (Phi) is 10.1. The summed E-state index contributed by atoms with van der Waals surface area (Å²) in [5, 5.41) is 17.4. The minimum Gasteiger partial charge on any atom is -0.460 e. The van der Waals surface area contributed by atoms with Crippen LogP contribution in [0.5, 0.6) is 0 Å². The van der Waals surface area contributed by atoms with Crippen LogP contribution in [0, 0.1) is 20.8 Å². The van der Waals surface area contributed by atoms with Gasteiger partial charge in [0.1, 0.15) is 35.4 Å². The number of aliphatic hydroxyl groups is 1. The molecule has 3 saturated carbocycles. The lowest BCUT2D eigenvalue weighted by molar-refractivity contribution is -0.235. The molecule has 2 aromatic rings. The Bertz CT molecular complexity index is 1780. The molecular formula is C40H48IN3O10. The molecule has 7 atom stereocenters. The number of carbonyl (C=O) groups is 4. The number of ether oxygens (including phenoxy) is 4. The number of aliphatic hydroxyl groups excluding tert-OH is 1. The van der Waals surface area contributed by atoms with Gasteiger partial charge in [-0.15, -0.1) is 0 Å². The molecule has 0 radical (unpaired) electrons. The second kappa shape index (κ2) is 14.4. The predicted molar refractivity (Wildman–Crippen MR) is 200 cm³/mol. The second-order valence-electron chi connectivity index (χ2n) is 16.6. The first-order valence-corrected chi connectivity index (χ1v) is 20.1. The highest BCUT2D eigenvalue weighted by atomic mass is 127. The Labute approximate surface area is 328 Å². The van der Waals surface area contributed by atoms with E-state index in [1.807, 2.05) is 24.3 Å². The van der Waals surface area contributed by atoms with E-state index < -0.39 is 71.1 Å². The smallest absolute Gasteiger partial charge is 0.327 e. The standard InChI is InChI=1S/C40H48IN3O10/c1-38(2,3)51-30(46)16-15-28(21-45)43-35(47)24-6-4-5-23(17-24)19-42-37(49)39-18-29-31-32(53-40(52-31,25-9-10-25)26-11-12-26)34(39)54-44(33(39)36(48)50-29)20-22-7-13-27(41)14-8-22/h4-8,13-14,17,25-26,28-29,31-34,45H,9-12,15-16,18-21H2,1-3H3,(H,42,49)(H,43,47). The molecule has 3 heterocycles. The van der Waals surface area contributed by atoms with Crippen molar-refractivity contribution in [2.24, 2.45) is 17.3 Å². The number of hydrogen-bond donors (Lipinski definition) is 3. The first-order chi connectivity index (χ1) is 25.8. The van der Waals surface area contributed by atoms with Gasteiger partial charge >= 0.3 is 11.9 Å². The van der Waals surface area contributed by atoms with Crippen molar-refractivity contribution in [2.45, 2.75) is 127 Å². The van der Waals surface area contributed by atoms with E-state index in [1.165, 1.54) is 0 Å². The van der Waals surface area contributed by atoms with Crippen molar-refractivity contribution in [3.8, 4) is 0 Å². The number of fused-ring (bicyclic) bond motifs is 4. The highest BCUT2D eigenvalue weighted by Gasteiger charge is 2.78. The number of esters is 2. The number of benzene rings is 2. The summed E-state index contributed by atoms with van der Waals surface area (Å²) in [5.41, 5.74) is -0.0216. The minimum atomic E-state index is -1.31. The molecule has 54 heavy (non-hydrogen) atoms. The number of amides is 2. The molecule has 0 spiro atoms. The number of nitrogens with one attached hydrogen (secondary N) is 2. The lowest BCUT2D eigenvalue weighted by Gasteiger charge is -2.48. The van der Waals surface area contributed by atoms with Gasteiger partial charge < -0.3 is 34.7 Å². The van der Waals surface area contributed by atoms with Gasteiger partial charge in [0.15, 0.2) is 11.8 Å². The second-order valence-corrected chi connectivity index (χ2v) is 17.9. The fourth-order valence-electron chi connectivity index (χ4n) is 8.77. The molecule has 2 aromatic carbocycles. The molecule has 14 heteroatoms. The van der Waals surface area contributed by atoms with Crippen molar-refractivity contribution in [2.75, 3.05) is 6.61 Å². The third kappa shape index (κ3) is 7.18. The summed E-state index contributed by atoms with van der Waals surface area (Å²) in [6.07, 6.45) is 1.96. The lowest BCUT2D eigenvalue weighted by Crippen LogP contribution is -2.69. The third-order valence-electron chi connectivity index (χ3n) is 11.5. The molecule has 2 amide bonds. The summed E-state index contributed by atoms with van der Waals surface area (Å²) in [5.74, 6) is -1.89. The zero-order chi connectivity index (χ0) is 38.0. The Morgan fingerprint density at radius 3 is 2.39 bits per heavy atom.